The Kier molecular flexibility index (Phi) is 7.01. The third-order valence-electron chi connectivity index (χ3n) is 3.95. The summed E-state index contributed by atoms with van der Waals surface area (Å²) >= 11 is 0. The SMILES string of the molecule is CCC(C)c1ccc(OCC(=O)N/N=C/c2ccc(OC)cc2)cc1. The molecule has 0 fully saturated rings. The zero-order chi connectivity index (χ0) is 18.1. The molecule has 2 aromatic carbocycles. The summed E-state index contributed by atoms with van der Waals surface area (Å²) in [6, 6.07) is 15.2. The van der Waals surface area contributed by atoms with Crippen molar-refractivity contribution < 1.29 is 14.3 Å². The molecule has 0 aromatic heterocycles. The van der Waals surface area contributed by atoms with Crippen LogP contribution in [0.3, 0.4) is 0 Å². The molecule has 25 heavy (non-hydrogen) atoms. The van der Waals surface area contributed by atoms with E-state index in [1.165, 1.54) is 5.56 Å². The van der Waals surface area contributed by atoms with Crippen molar-refractivity contribution in [2.24, 2.45) is 5.10 Å². The fraction of sp³-hybridized carbons (Fsp3) is 0.300. The Labute approximate surface area is 148 Å². The minimum absolute atomic E-state index is 0.0807. The Morgan fingerprint density at radius 1 is 1.12 bits per heavy atom. The lowest BCUT2D eigenvalue weighted by Gasteiger charge is -2.10. The van der Waals surface area contributed by atoms with Gasteiger partial charge < -0.3 is 9.47 Å². The summed E-state index contributed by atoms with van der Waals surface area (Å²) in [5.74, 6) is 1.65. The van der Waals surface area contributed by atoms with Crippen molar-refractivity contribution in [2.75, 3.05) is 13.7 Å². The molecule has 5 nitrogen and oxygen atoms in total. The van der Waals surface area contributed by atoms with Gasteiger partial charge in [-0.05, 0) is 59.9 Å². The number of nitrogens with zero attached hydrogens (tertiary/aromatic N) is 1. The molecule has 0 bridgehead atoms. The predicted octanol–water partition coefficient (Wildman–Crippen LogP) is 3.74. The van der Waals surface area contributed by atoms with Crippen molar-refractivity contribution in [3.05, 3.63) is 59.7 Å². The maximum absolute atomic E-state index is 11.8. The van der Waals surface area contributed by atoms with Gasteiger partial charge in [0.25, 0.3) is 5.91 Å². The number of hydrazone groups is 1. The number of amides is 1. The van der Waals surface area contributed by atoms with Gasteiger partial charge in [-0.1, -0.05) is 26.0 Å². The molecule has 1 atom stereocenters. The topological polar surface area (TPSA) is 59.9 Å². The predicted molar refractivity (Wildman–Crippen MR) is 99.4 cm³/mol. The molecule has 2 aromatic rings. The standard InChI is InChI=1S/C20H24N2O3/c1-4-15(2)17-7-11-19(12-8-17)25-14-20(23)22-21-13-16-5-9-18(24-3)10-6-16/h5-13,15H,4,14H2,1-3H3,(H,22,23)/b21-13+. The lowest BCUT2D eigenvalue weighted by Crippen LogP contribution is -2.24. The summed E-state index contributed by atoms with van der Waals surface area (Å²) in [6.07, 6.45) is 2.66. The Bertz CT molecular complexity index is 694. The fourth-order valence-corrected chi connectivity index (χ4v) is 2.18. The van der Waals surface area contributed by atoms with E-state index < -0.39 is 0 Å². The Morgan fingerprint density at radius 2 is 1.76 bits per heavy atom. The van der Waals surface area contributed by atoms with Gasteiger partial charge in [-0.25, -0.2) is 5.43 Å². The summed E-state index contributed by atoms with van der Waals surface area (Å²) in [7, 11) is 1.61. The number of hydrogen-bond acceptors (Lipinski definition) is 4. The molecule has 132 valence electrons. The number of rotatable bonds is 8. The largest absolute Gasteiger partial charge is 0.497 e. The van der Waals surface area contributed by atoms with Gasteiger partial charge in [0.15, 0.2) is 6.61 Å². The maximum atomic E-state index is 11.8. The number of benzene rings is 2. The first-order chi connectivity index (χ1) is 12.1. The van der Waals surface area contributed by atoms with Gasteiger partial charge in [-0.3, -0.25) is 4.79 Å². The van der Waals surface area contributed by atoms with Crippen molar-refractivity contribution >= 4 is 12.1 Å². The molecule has 0 heterocycles. The first-order valence-corrected chi connectivity index (χ1v) is 8.31. The second kappa shape index (κ2) is 9.47. The van der Waals surface area contributed by atoms with Gasteiger partial charge in [0.05, 0.1) is 13.3 Å². The van der Waals surface area contributed by atoms with Crippen molar-refractivity contribution in [1.82, 2.24) is 5.43 Å². The summed E-state index contributed by atoms with van der Waals surface area (Å²) in [5, 5.41) is 3.91. The highest BCUT2D eigenvalue weighted by molar-refractivity contribution is 5.83. The fourth-order valence-electron chi connectivity index (χ4n) is 2.18. The van der Waals surface area contributed by atoms with E-state index in [1.807, 2.05) is 48.5 Å². The molecule has 2 rings (SSSR count). The van der Waals surface area contributed by atoms with E-state index in [2.05, 4.69) is 24.4 Å². The van der Waals surface area contributed by atoms with Gasteiger partial charge in [0.1, 0.15) is 11.5 Å². The van der Waals surface area contributed by atoms with E-state index in [0.29, 0.717) is 11.7 Å². The number of carbonyl (C=O) groups excluding carboxylic acids is 1. The summed E-state index contributed by atoms with van der Waals surface area (Å²) < 4.78 is 10.5. The third kappa shape index (κ3) is 5.95. The molecular formula is C20H24N2O3. The molecule has 0 aliphatic carbocycles. The number of nitrogens with one attached hydrogen (secondary N) is 1. The molecule has 0 aliphatic heterocycles. The lowest BCUT2D eigenvalue weighted by atomic mass is 9.99. The first-order valence-electron chi connectivity index (χ1n) is 8.31. The molecular weight excluding hydrogens is 316 g/mol. The van der Waals surface area contributed by atoms with E-state index in [0.717, 1.165) is 17.7 Å². The van der Waals surface area contributed by atoms with Crippen LogP contribution in [0.15, 0.2) is 53.6 Å². The van der Waals surface area contributed by atoms with Crippen LogP contribution in [-0.4, -0.2) is 25.8 Å². The first kappa shape index (κ1) is 18.5. The summed E-state index contributed by atoms with van der Waals surface area (Å²) in [6.45, 7) is 4.26. The van der Waals surface area contributed by atoms with Crippen molar-refractivity contribution in [3.8, 4) is 11.5 Å². The second-order valence-corrected chi connectivity index (χ2v) is 5.73. The lowest BCUT2D eigenvalue weighted by molar-refractivity contribution is -0.123. The van der Waals surface area contributed by atoms with Crippen LogP contribution in [0.4, 0.5) is 0 Å². The van der Waals surface area contributed by atoms with Crippen molar-refractivity contribution in [3.63, 3.8) is 0 Å². The van der Waals surface area contributed by atoms with Gasteiger partial charge in [0.2, 0.25) is 0 Å². The smallest absolute Gasteiger partial charge is 0.277 e. The normalized spacial score (nSPS) is 12.0. The quantitative estimate of drug-likeness (QED) is 0.588. The Balaban J connectivity index is 1.77. The molecule has 0 aliphatic rings. The zero-order valence-electron chi connectivity index (χ0n) is 14.9. The zero-order valence-corrected chi connectivity index (χ0v) is 14.9. The highest BCUT2D eigenvalue weighted by Crippen LogP contribution is 2.21. The summed E-state index contributed by atoms with van der Waals surface area (Å²) in [4.78, 5) is 11.8. The number of hydrogen-bond donors (Lipinski definition) is 1. The molecule has 1 amide bonds. The number of methoxy groups -OCH3 is 1. The minimum atomic E-state index is -0.309. The van der Waals surface area contributed by atoms with E-state index in [1.54, 1.807) is 13.3 Å². The summed E-state index contributed by atoms with van der Waals surface area (Å²) in [5.41, 5.74) is 4.57. The van der Waals surface area contributed by atoms with Gasteiger partial charge in [0, 0.05) is 0 Å². The van der Waals surface area contributed by atoms with E-state index in [4.69, 9.17) is 9.47 Å². The minimum Gasteiger partial charge on any atom is -0.497 e. The van der Waals surface area contributed by atoms with Crippen molar-refractivity contribution in [1.29, 1.82) is 0 Å². The average Bonchev–Trinajstić information content (AvgIpc) is 2.66. The van der Waals surface area contributed by atoms with Crippen LogP contribution in [0.1, 0.15) is 37.3 Å². The van der Waals surface area contributed by atoms with Crippen LogP contribution in [0.2, 0.25) is 0 Å². The maximum Gasteiger partial charge on any atom is 0.277 e. The van der Waals surface area contributed by atoms with Crippen LogP contribution < -0.4 is 14.9 Å². The molecule has 1 unspecified atom stereocenters. The number of carbonyl (C=O) groups is 1. The van der Waals surface area contributed by atoms with E-state index in [9.17, 15) is 4.79 Å². The van der Waals surface area contributed by atoms with Crippen molar-refractivity contribution in [2.45, 2.75) is 26.2 Å². The highest BCUT2D eigenvalue weighted by atomic mass is 16.5. The van der Waals surface area contributed by atoms with Crippen LogP contribution >= 0.6 is 0 Å². The van der Waals surface area contributed by atoms with Crippen LogP contribution in [0.5, 0.6) is 11.5 Å². The Hall–Kier alpha value is -2.82. The molecule has 5 heteroatoms. The van der Waals surface area contributed by atoms with Crippen LogP contribution in [-0.2, 0) is 4.79 Å². The van der Waals surface area contributed by atoms with Crippen LogP contribution in [0, 0.1) is 0 Å². The second-order valence-electron chi connectivity index (χ2n) is 5.73. The molecule has 0 radical (unpaired) electrons. The average molecular weight is 340 g/mol. The van der Waals surface area contributed by atoms with Gasteiger partial charge in [-0.15, -0.1) is 0 Å². The number of ether oxygens (including phenoxy) is 2. The van der Waals surface area contributed by atoms with Gasteiger partial charge >= 0.3 is 0 Å². The van der Waals surface area contributed by atoms with Crippen LogP contribution in [0.25, 0.3) is 0 Å². The third-order valence-corrected chi connectivity index (χ3v) is 3.95. The Morgan fingerprint density at radius 3 is 2.36 bits per heavy atom. The molecule has 0 spiro atoms. The highest BCUT2D eigenvalue weighted by Gasteiger charge is 2.04. The van der Waals surface area contributed by atoms with Gasteiger partial charge in [-0.2, -0.15) is 5.10 Å². The van der Waals surface area contributed by atoms with E-state index >= 15 is 0 Å². The molecule has 1 N–H and O–H groups in total. The monoisotopic (exact) mass is 340 g/mol. The molecule has 0 saturated heterocycles. The molecule has 0 saturated carbocycles. The van der Waals surface area contributed by atoms with E-state index in [-0.39, 0.29) is 12.5 Å².